The fourth-order valence-electron chi connectivity index (χ4n) is 1.57. The van der Waals surface area contributed by atoms with Gasteiger partial charge in [0.15, 0.2) is 0 Å². The third-order valence-electron chi connectivity index (χ3n) is 2.57. The Morgan fingerprint density at radius 1 is 1.24 bits per heavy atom. The van der Waals surface area contributed by atoms with E-state index < -0.39 is 17.8 Å². The van der Waals surface area contributed by atoms with Crippen molar-refractivity contribution in [2.75, 3.05) is 11.1 Å². The fraction of sp³-hybridized carbons (Fsp3) is 0.0769. The van der Waals surface area contributed by atoms with Crippen molar-refractivity contribution in [3.8, 4) is 0 Å². The first-order chi connectivity index (χ1) is 9.77. The van der Waals surface area contributed by atoms with Gasteiger partial charge in [-0.3, -0.25) is 4.79 Å². The number of hydrogen-bond acceptors (Lipinski definition) is 3. The SMILES string of the molecule is Nc1cc(Br)ccc1C(=O)Nc1ccc(C(F)(F)F)nc1. The van der Waals surface area contributed by atoms with Gasteiger partial charge in [-0.05, 0) is 30.3 Å². The molecule has 0 unspecified atom stereocenters. The van der Waals surface area contributed by atoms with Crippen molar-refractivity contribution in [3.05, 3.63) is 52.3 Å². The van der Waals surface area contributed by atoms with Crippen LogP contribution in [0.3, 0.4) is 0 Å². The van der Waals surface area contributed by atoms with Gasteiger partial charge in [-0.1, -0.05) is 15.9 Å². The summed E-state index contributed by atoms with van der Waals surface area (Å²) in [6.45, 7) is 0. The number of amides is 1. The van der Waals surface area contributed by atoms with Gasteiger partial charge in [0, 0.05) is 10.2 Å². The Labute approximate surface area is 126 Å². The molecule has 0 radical (unpaired) electrons. The number of benzene rings is 1. The van der Waals surface area contributed by atoms with Gasteiger partial charge in [0.05, 0.1) is 17.4 Å². The Bertz CT molecular complexity index is 671. The molecule has 0 saturated heterocycles. The van der Waals surface area contributed by atoms with E-state index in [2.05, 4.69) is 26.2 Å². The highest BCUT2D eigenvalue weighted by Gasteiger charge is 2.32. The number of rotatable bonds is 2. The first-order valence-electron chi connectivity index (χ1n) is 5.67. The second-order valence-corrected chi connectivity index (χ2v) is 5.03. The van der Waals surface area contributed by atoms with Crippen LogP contribution in [0.4, 0.5) is 24.5 Å². The monoisotopic (exact) mass is 359 g/mol. The van der Waals surface area contributed by atoms with Crippen LogP contribution in [0.5, 0.6) is 0 Å². The third-order valence-corrected chi connectivity index (χ3v) is 3.06. The van der Waals surface area contributed by atoms with Gasteiger partial charge in [-0.15, -0.1) is 0 Å². The molecule has 0 aliphatic rings. The highest BCUT2D eigenvalue weighted by atomic mass is 79.9. The molecule has 0 spiro atoms. The molecule has 4 nitrogen and oxygen atoms in total. The smallest absolute Gasteiger partial charge is 0.398 e. The Morgan fingerprint density at radius 3 is 2.48 bits per heavy atom. The zero-order chi connectivity index (χ0) is 15.6. The zero-order valence-electron chi connectivity index (χ0n) is 10.4. The number of aromatic nitrogens is 1. The minimum atomic E-state index is -4.52. The van der Waals surface area contributed by atoms with E-state index in [0.717, 1.165) is 18.3 Å². The zero-order valence-corrected chi connectivity index (χ0v) is 12.0. The van der Waals surface area contributed by atoms with Gasteiger partial charge >= 0.3 is 6.18 Å². The van der Waals surface area contributed by atoms with Crippen molar-refractivity contribution >= 4 is 33.2 Å². The van der Waals surface area contributed by atoms with E-state index in [1.54, 1.807) is 12.1 Å². The molecule has 0 aliphatic heterocycles. The van der Waals surface area contributed by atoms with Crippen molar-refractivity contribution in [2.45, 2.75) is 6.18 Å². The summed E-state index contributed by atoms with van der Waals surface area (Å²) in [7, 11) is 0. The van der Waals surface area contributed by atoms with Gasteiger partial charge < -0.3 is 11.1 Å². The van der Waals surface area contributed by atoms with E-state index >= 15 is 0 Å². The quantitative estimate of drug-likeness (QED) is 0.803. The summed E-state index contributed by atoms with van der Waals surface area (Å²) in [4.78, 5) is 15.2. The Morgan fingerprint density at radius 2 is 1.95 bits per heavy atom. The largest absolute Gasteiger partial charge is 0.433 e. The maximum absolute atomic E-state index is 12.4. The summed E-state index contributed by atoms with van der Waals surface area (Å²) in [5.41, 5.74) is 5.30. The van der Waals surface area contributed by atoms with Crippen molar-refractivity contribution in [2.24, 2.45) is 0 Å². The lowest BCUT2D eigenvalue weighted by Gasteiger charge is -2.09. The minimum Gasteiger partial charge on any atom is -0.398 e. The molecule has 2 aromatic rings. The molecule has 1 aromatic heterocycles. The van der Waals surface area contributed by atoms with Gasteiger partial charge in [0.2, 0.25) is 0 Å². The van der Waals surface area contributed by atoms with Crippen LogP contribution in [-0.2, 0) is 6.18 Å². The number of pyridine rings is 1. The number of hydrogen-bond donors (Lipinski definition) is 2. The van der Waals surface area contributed by atoms with Crippen LogP contribution in [0.1, 0.15) is 16.1 Å². The lowest BCUT2D eigenvalue weighted by Crippen LogP contribution is -2.15. The Hall–Kier alpha value is -2.09. The highest BCUT2D eigenvalue weighted by molar-refractivity contribution is 9.10. The first kappa shape index (κ1) is 15.3. The van der Waals surface area contributed by atoms with Gasteiger partial charge in [0.1, 0.15) is 5.69 Å². The van der Waals surface area contributed by atoms with Crippen LogP contribution in [0.15, 0.2) is 41.0 Å². The molecule has 110 valence electrons. The molecular weight excluding hydrogens is 351 g/mol. The number of alkyl halides is 3. The molecule has 0 bridgehead atoms. The van der Waals surface area contributed by atoms with Crippen LogP contribution >= 0.6 is 15.9 Å². The number of halogens is 4. The molecule has 0 saturated carbocycles. The van der Waals surface area contributed by atoms with Gasteiger partial charge in [-0.25, -0.2) is 4.98 Å². The molecule has 0 fully saturated rings. The summed E-state index contributed by atoms with van der Waals surface area (Å²) >= 11 is 3.21. The second-order valence-electron chi connectivity index (χ2n) is 4.12. The molecule has 1 amide bonds. The summed E-state index contributed by atoms with van der Waals surface area (Å²) in [5, 5.41) is 2.43. The summed E-state index contributed by atoms with van der Waals surface area (Å²) in [6, 6.07) is 6.62. The molecule has 21 heavy (non-hydrogen) atoms. The van der Waals surface area contributed by atoms with Crippen LogP contribution in [0, 0.1) is 0 Å². The van der Waals surface area contributed by atoms with Crippen molar-refractivity contribution < 1.29 is 18.0 Å². The van der Waals surface area contributed by atoms with E-state index in [4.69, 9.17) is 5.73 Å². The van der Waals surface area contributed by atoms with E-state index in [-0.39, 0.29) is 16.9 Å². The number of anilines is 2. The van der Waals surface area contributed by atoms with Crippen LogP contribution in [0.25, 0.3) is 0 Å². The average Bonchev–Trinajstić information content (AvgIpc) is 2.38. The molecule has 1 heterocycles. The third kappa shape index (κ3) is 3.72. The lowest BCUT2D eigenvalue weighted by atomic mass is 10.1. The van der Waals surface area contributed by atoms with Crippen molar-refractivity contribution in [1.82, 2.24) is 4.98 Å². The van der Waals surface area contributed by atoms with Crippen molar-refractivity contribution in [1.29, 1.82) is 0 Å². The standard InChI is InChI=1S/C13H9BrF3N3O/c14-7-1-3-9(10(18)5-7)12(21)20-8-2-4-11(19-6-8)13(15,16)17/h1-6H,18H2,(H,20,21). The number of nitrogens with one attached hydrogen (secondary N) is 1. The maximum Gasteiger partial charge on any atom is 0.433 e. The van der Waals surface area contributed by atoms with Gasteiger partial charge in [-0.2, -0.15) is 13.2 Å². The number of nitrogens with two attached hydrogens (primary N) is 1. The Balaban J connectivity index is 2.16. The predicted octanol–water partition coefficient (Wildman–Crippen LogP) is 3.70. The molecule has 3 N–H and O–H groups in total. The topological polar surface area (TPSA) is 68.0 Å². The van der Waals surface area contributed by atoms with E-state index in [0.29, 0.717) is 4.47 Å². The highest BCUT2D eigenvalue weighted by Crippen LogP contribution is 2.28. The normalized spacial score (nSPS) is 11.2. The average molecular weight is 360 g/mol. The van der Waals surface area contributed by atoms with Gasteiger partial charge in [0.25, 0.3) is 5.91 Å². The van der Waals surface area contributed by atoms with Crippen LogP contribution in [0.2, 0.25) is 0 Å². The summed E-state index contributed by atoms with van der Waals surface area (Å²) in [5.74, 6) is -0.526. The second kappa shape index (κ2) is 5.72. The van der Waals surface area contributed by atoms with Crippen molar-refractivity contribution in [3.63, 3.8) is 0 Å². The molecule has 2 rings (SSSR count). The lowest BCUT2D eigenvalue weighted by molar-refractivity contribution is -0.141. The number of nitrogens with zero attached hydrogens (tertiary/aromatic N) is 1. The first-order valence-corrected chi connectivity index (χ1v) is 6.46. The predicted molar refractivity (Wildman–Crippen MR) is 75.7 cm³/mol. The number of carbonyl (C=O) groups excluding carboxylic acids is 1. The van der Waals surface area contributed by atoms with E-state index in [9.17, 15) is 18.0 Å². The summed E-state index contributed by atoms with van der Waals surface area (Å²) in [6.07, 6.45) is -3.57. The molecule has 8 heteroatoms. The molecule has 1 aromatic carbocycles. The Kier molecular flexibility index (Phi) is 4.17. The van der Waals surface area contributed by atoms with Crippen LogP contribution < -0.4 is 11.1 Å². The minimum absolute atomic E-state index is 0.148. The number of carbonyl (C=O) groups is 1. The van der Waals surface area contributed by atoms with Crippen LogP contribution in [-0.4, -0.2) is 10.9 Å². The maximum atomic E-state index is 12.4. The van der Waals surface area contributed by atoms with E-state index in [1.165, 1.54) is 6.07 Å². The summed E-state index contributed by atoms with van der Waals surface area (Å²) < 4.78 is 37.8. The molecular formula is C13H9BrF3N3O. The number of nitrogen functional groups attached to an aromatic ring is 1. The fourth-order valence-corrected chi connectivity index (χ4v) is 1.95. The molecule has 0 aliphatic carbocycles. The molecule has 0 atom stereocenters. The van der Waals surface area contributed by atoms with E-state index in [1.807, 2.05) is 0 Å².